The number of carbonyl (C=O) groups is 2. The summed E-state index contributed by atoms with van der Waals surface area (Å²) in [5.41, 5.74) is 5.73. The van der Waals surface area contributed by atoms with Crippen molar-refractivity contribution in [2.45, 2.75) is 13.0 Å². The van der Waals surface area contributed by atoms with Crippen molar-refractivity contribution in [1.29, 1.82) is 0 Å². The van der Waals surface area contributed by atoms with E-state index in [9.17, 15) is 9.59 Å². The molecule has 2 heterocycles. The number of ether oxygens (including phenoxy) is 1. The average molecular weight is 297 g/mol. The molecule has 3 N–H and O–H groups in total. The van der Waals surface area contributed by atoms with Crippen molar-refractivity contribution in [3.05, 3.63) is 21.9 Å². The number of morpholine rings is 1. The van der Waals surface area contributed by atoms with Gasteiger partial charge in [0, 0.05) is 42.9 Å². The average Bonchev–Trinajstić information content (AvgIpc) is 2.93. The molecule has 1 aliphatic rings. The van der Waals surface area contributed by atoms with Gasteiger partial charge in [-0.15, -0.1) is 11.3 Å². The maximum absolute atomic E-state index is 11.9. The highest BCUT2D eigenvalue weighted by molar-refractivity contribution is 7.10. The van der Waals surface area contributed by atoms with E-state index in [2.05, 4.69) is 5.32 Å². The minimum Gasteiger partial charge on any atom is -0.378 e. The predicted molar refractivity (Wildman–Crippen MR) is 76.6 cm³/mol. The Morgan fingerprint density at radius 1 is 1.40 bits per heavy atom. The van der Waals surface area contributed by atoms with Gasteiger partial charge in [0.25, 0.3) is 0 Å². The van der Waals surface area contributed by atoms with Gasteiger partial charge in [-0.05, 0) is 6.07 Å². The van der Waals surface area contributed by atoms with Gasteiger partial charge in [-0.3, -0.25) is 9.59 Å². The summed E-state index contributed by atoms with van der Waals surface area (Å²) in [4.78, 5) is 25.7. The molecule has 6 nitrogen and oxygen atoms in total. The minimum absolute atomic E-state index is 0.157. The summed E-state index contributed by atoms with van der Waals surface area (Å²) in [6.45, 7) is 3.90. The Labute approximate surface area is 121 Å². The highest BCUT2D eigenvalue weighted by atomic mass is 32.1. The first-order valence-electron chi connectivity index (χ1n) is 6.60. The van der Waals surface area contributed by atoms with E-state index in [1.807, 2.05) is 4.90 Å². The van der Waals surface area contributed by atoms with Gasteiger partial charge in [0.15, 0.2) is 0 Å². The zero-order valence-electron chi connectivity index (χ0n) is 11.3. The molecular formula is C13H19N3O3S. The van der Waals surface area contributed by atoms with Gasteiger partial charge < -0.3 is 20.7 Å². The van der Waals surface area contributed by atoms with Crippen molar-refractivity contribution < 1.29 is 14.3 Å². The number of nitrogens with one attached hydrogen (secondary N) is 1. The summed E-state index contributed by atoms with van der Waals surface area (Å²) in [5.74, 6) is -0.250. The van der Waals surface area contributed by atoms with E-state index in [1.165, 1.54) is 11.3 Å². The Morgan fingerprint density at radius 2 is 2.15 bits per heavy atom. The molecule has 1 aromatic rings. The van der Waals surface area contributed by atoms with E-state index in [0.29, 0.717) is 51.4 Å². The third-order valence-electron chi connectivity index (χ3n) is 3.12. The van der Waals surface area contributed by atoms with E-state index < -0.39 is 5.91 Å². The van der Waals surface area contributed by atoms with Crippen LogP contribution in [0.25, 0.3) is 0 Å². The largest absolute Gasteiger partial charge is 0.378 e. The lowest BCUT2D eigenvalue weighted by Crippen LogP contribution is -2.41. The van der Waals surface area contributed by atoms with Crippen molar-refractivity contribution in [1.82, 2.24) is 10.2 Å². The number of carbonyl (C=O) groups excluding carboxylic acids is 2. The predicted octanol–water partition coefficient (Wildman–Crippen LogP) is 0.186. The Balaban J connectivity index is 1.65. The molecule has 1 saturated heterocycles. The van der Waals surface area contributed by atoms with Crippen molar-refractivity contribution in [3.8, 4) is 0 Å². The van der Waals surface area contributed by atoms with Gasteiger partial charge in [-0.2, -0.15) is 0 Å². The topological polar surface area (TPSA) is 84.7 Å². The number of hydrogen-bond donors (Lipinski definition) is 2. The van der Waals surface area contributed by atoms with Gasteiger partial charge in [-0.1, -0.05) is 0 Å². The standard InChI is InChI=1S/C13H19N3O3S/c14-13(18)10-7-11(20-9-10)8-15-2-1-12(17)16-3-5-19-6-4-16/h7,9,15H,1-6,8H2,(H2,14,18). The summed E-state index contributed by atoms with van der Waals surface area (Å²) < 4.78 is 5.21. The first kappa shape index (κ1) is 15.0. The molecule has 0 atom stereocenters. The summed E-state index contributed by atoms with van der Waals surface area (Å²) >= 11 is 1.49. The van der Waals surface area contributed by atoms with Crippen LogP contribution in [0, 0.1) is 0 Å². The fraction of sp³-hybridized carbons (Fsp3) is 0.538. The van der Waals surface area contributed by atoms with Gasteiger partial charge in [0.2, 0.25) is 11.8 Å². The summed E-state index contributed by atoms with van der Waals surface area (Å²) in [5, 5.41) is 4.95. The van der Waals surface area contributed by atoms with E-state index in [1.54, 1.807) is 11.4 Å². The number of rotatable bonds is 6. The number of primary amides is 1. The van der Waals surface area contributed by atoms with Crippen LogP contribution in [-0.4, -0.2) is 49.6 Å². The van der Waals surface area contributed by atoms with Crippen LogP contribution >= 0.6 is 11.3 Å². The van der Waals surface area contributed by atoms with E-state index in [4.69, 9.17) is 10.5 Å². The number of nitrogens with two attached hydrogens (primary N) is 1. The maximum atomic E-state index is 11.9. The fourth-order valence-corrected chi connectivity index (χ4v) is 2.82. The molecule has 1 aliphatic heterocycles. The molecule has 2 rings (SSSR count). The third kappa shape index (κ3) is 4.29. The normalized spacial score (nSPS) is 15.3. The Kier molecular flexibility index (Phi) is 5.51. The lowest BCUT2D eigenvalue weighted by atomic mass is 10.3. The number of nitrogens with zero attached hydrogens (tertiary/aromatic N) is 1. The first-order chi connectivity index (χ1) is 9.66. The lowest BCUT2D eigenvalue weighted by Gasteiger charge is -2.26. The smallest absolute Gasteiger partial charge is 0.249 e. The molecular weight excluding hydrogens is 278 g/mol. The Morgan fingerprint density at radius 3 is 2.80 bits per heavy atom. The molecule has 110 valence electrons. The highest BCUT2D eigenvalue weighted by Gasteiger charge is 2.15. The molecule has 0 bridgehead atoms. The maximum Gasteiger partial charge on any atom is 0.249 e. The van der Waals surface area contributed by atoms with Crippen molar-refractivity contribution in [2.24, 2.45) is 5.73 Å². The minimum atomic E-state index is -0.407. The molecule has 0 spiro atoms. The Bertz CT molecular complexity index is 469. The van der Waals surface area contributed by atoms with Crippen molar-refractivity contribution in [2.75, 3.05) is 32.8 Å². The van der Waals surface area contributed by atoms with Crippen LogP contribution in [0.1, 0.15) is 21.7 Å². The number of hydrogen-bond acceptors (Lipinski definition) is 5. The summed E-state index contributed by atoms with van der Waals surface area (Å²) in [6.07, 6.45) is 0.480. The quantitative estimate of drug-likeness (QED) is 0.734. The van der Waals surface area contributed by atoms with Gasteiger partial charge in [0.1, 0.15) is 0 Å². The molecule has 1 fully saturated rings. The fourth-order valence-electron chi connectivity index (χ4n) is 1.98. The summed E-state index contributed by atoms with van der Waals surface area (Å²) in [6, 6.07) is 1.78. The number of amides is 2. The van der Waals surface area contributed by atoms with Crippen LogP contribution in [0.3, 0.4) is 0 Å². The first-order valence-corrected chi connectivity index (χ1v) is 7.48. The molecule has 2 amide bonds. The highest BCUT2D eigenvalue weighted by Crippen LogP contribution is 2.13. The SMILES string of the molecule is NC(=O)c1csc(CNCCC(=O)N2CCOCC2)c1. The van der Waals surface area contributed by atoms with Crippen LogP contribution in [0.15, 0.2) is 11.4 Å². The summed E-state index contributed by atoms with van der Waals surface area (Å²) in [7, 11) is 0. The van der Waals surface area contributed by atoms with Crippen LogP contribution < -0.4 is 11.1 Å². The van der Waals surface area contributed by atoms with Crippen LogP contribution in [-0.2, 0) is 16.1 Å². The van der Waals surface area contributed by atoms with Crippen molar-refractivity contribution >= 4 is 23.2 Å². The molecule has 20 heavy (non-hydrogen) atoms. The van der Waals surface area contributed by atoms with Crippen molar-refractivity contribution in [3.63, 3.8) is 0 Å². The third-order valence-corrected chi connectivity index (χ3v) is 4.05. The second kappa shape index (κ2) is 7.37. The van der Waals surface area contributed by atoms with Gasteiger partial charge in [-0.25, -0.2) is 0 Å². The van der Waals surface area contributed by atoms with Gasteiger partial charge in [0.05, 0.1) is 18.8 Å². The second-order valence-corrected chi connectivity index (χ2v) is 5.58. The van der Waals surface area contributed by atoms with E-state index in [0.717, 1.165) is 4.88 Å². The van der Waals surface area contributed by atoms with E-state index >= 15 is 0 Å². The molecule has 0 aliphatic carbocycles. The van der Waals surface area contributed by atoms with Gasteiger partial charge >= 0.3 is 0 Å². The molecule has 0 radical (unpaired) electrons. The monoisotopic (exact) mass is 297 g/mol. The lowest BCUT2D eigenvalue weighted by molar-refractivity contribution is -0.135. The second-order valence-electron chi connectivity index (χ2n) is 4.59. The molecule has 0 unspecified atom stereocenters. The zero-order chi connectivity index (χ0) is 14.4. The van der Waals surface area contributed by atoms with E-state index in [-0.39, 0.29) is 5.91 Å². The van der Waals surface area contributed by atoms with Crippen LogP contribution in [0.5, 0.6) is 0 Å². The Hall–Kier alpha value is -1.44. The van der Waals surface area contributed by atoms with Crippen LogP contribution in [0.4, 0.5) is 0 Å². The van der Waals surface area contributed by atoms with Crippen LogP contribution in [0.2, 0.25) is 0 Å². The zero-order valence-corrected chi connectivity index (χ0v) is 12.1. The molecule has 0 saturated carbocycles. The molecule has 1 aromatic heterocycles. The molecule has 7 heteroatoms. The number of thiophene rings is 1. The molecule has 0 aromatic carbocycles.